The molecule has 0 radical (unpaired) electrons. The predicted octanol–water partition coefficient (Wildman–Crippen LogP) is 1.56. The van der Waals surface area contributed by atoms with Crippen molar-refractivity contribution in [3.63, 3.8) is 0 Å². The molecule has 3 heterocycles. The quantitative estimate of drug-likeness (QED) is 0.618. The van der Waals surface area contributed by atoms with Crippen LogP contribution in [0.15, 0.2) is 24.3 Å². The Hall–Kier alpha value is -1.17. The maximum absolute atomic E-state index is 11.3. The third-order valence-corrected chi connectivity index (χ3v) is 4.64. The number of carbonyl (C=O) groups excluding carboxylic acids is 1. The Morgan fingerprint density at radius 1 is 1.19 bits per heavy atom. The van der Waals surface area contributed by atoms with Gasteiger partial charge in [0.2, 0.25) is 0 Å². The SMILES string of the molecule is CC(=O)O[C@@H]1C=CC(O)O[C@@H]1[C@@H]1[C@H](C)[C@H]2CC=CC[C@@H]1O2. The molecule has 5 heteroatoms. The Morgan fingerprint density at radius 3 is 2.62 bits per heavy atom. The molecule has 116 valence electrons. The monoisotopic (exact) mass is 294 g/mol. The number of aliphatic hydroxyl groups is 1. The van der Waals surface area contributed by atoms with Crippen molar-refractivity contribution in [3.05, 3.63) is 24.3 Å². The molecule has 1 N–H and O–H groups in total. The van der Waals surface area contributed by atoms with E-state index in [0.717, 1.165) is 12.8 Å². The zero-order chi connectivity index (χ0) is 15.0. The molecule has 1 saturated heterocycles. The van der Waals surface area contributed by atoms with E-state index < -0.39 is 12.4 Å². The summed E-state index contributed by atoms with van der Waals surface area (Å²) in [6, 6.07) is 0. The van der Waals surface area contributed by atoms with Gasteiger partial charge in [0.15, 0.2) is 6.29 Å². The molecule has 3 aliphatic heterocycles. The third-order valence-electron chi connectivity index (χ3n) is 4.64. The smallest absolute Gasteiger partial charge is 0.303 e. The van der Waals surface area contributed by atoms with Crippen LogP contribution in [0.5, 0.6) is 0 Å². The molecule has 2 bridgehead atoms. The van der Waals surface area contributed by atoms with Gasteiger partial charge in [-0.05, 0) is 30.9 Å². The lowest BCUT2D eigenvalue weighted by molar-refractivity contribution is -0.187. The number of hydrogen-bond acceptors (Lipinski definition) is 5. The predicted molar refractivity (Wildman–Crippen MR) is 75.3 cm³/mol. The average Bonchev–Trinajstić information content (AvgIpc) is 2.61. The first-order chi connectivity index (χ1) is 10.1. The third kappa shape index (κ3) is 2.91. The molecule has 7 atom stereocenters. The Labute approximate surface area is 124 Å². The van der Waals surface area contributed by atoms with Gasteiger partial charge in [-0.1, -0.05) is 19.1 Å². The lowest BCUT2D eigenvalue weighted by atomic mass is 9.78. The minimum atomic E-state index is -0.952. The summed E-state index contributed by atoms with van der Waals surface area (Å²) in [6.45, 7) is 3.53. The molecule has 0 aromatic carbocycles. The summed E-state index contributed by atoms with van der Waals surface area (Å²) in [5.74, 6) is 0.0481. The number of hydrogen-bond donors (Lipinski definition) is 1. The van der Waals surface area contributed by atoms with Crippen LogP contribution in [0.2, 0.25) is 0 Å². The average molecular weight is 294 g/mol. The van der Waals surface area contributed by atoms with Crippen LogP contribution in [0, 0.1) is 11.8 Å². The van der Waals surface area contributed by atoms with E-state index in [1.165, 1.54) is 13.0 Å². The summed E-state index contributed by atoms with van der Waals surface area (Å²) in [6.07, 6.45) is 7.70. The van der Waals surface area contributed by atoms with E-state index in [2.05, 4.69) is 19.1 Å². The van der Waals surface area contributed by atoms with E-state index >= 15 is 0 Å². The molecular weight excluding hydrogens is 272 g/mol. The lowest BCUT2D eigenvalue weighted by Crippen LogP contribution is -2.47. The molecule has 1 fully saturated rings. The maximum Gasteiger partial charge on any atom is 0.303 e. The fourth-order valence-electron chi connectivity index (χ4n) is 3.69. The summed E-state index contributed by atoms with van der Waals surface area (Å²) in [5, 5.41) is 9.77. The second-order valence-electron chi connectivity index (χ2n) is 6.04. The summed E-state index contributed by atoms with van der Waals surface area (Å²) >= 11 is 0. The van der Waals surface area contributed by atoms with Gasteiger partial charge in [0.25, 0.3) is 0 Å². The summed E-state index contributed by atoms with van der Waals surface area (Å²) in [5.41, 5.74) is 0. The van der Waals surface area contributed by atoms with Gasteiger partial charge in [-0.15, -0.1) is 0 Å². The highest BCUT2D eigenvalue weighted by atomic mass is 16.6. The number of fused-ring (bicyclic) bond motifs is 2. The standard InChI is InChI=1S/C16H22O5/c1-9-11-5-3-4-6-12(20-11)15(9)16-13(19-10(2)17)7-8-14(18)21-16/h3-4,7-9,11-16,18H,5-6H2,1-2H3/t9-,11-,12+,13-,14?,15-,16+/m1/s1. The van der Waals surface area contributed by atoms with Gasteiger partial charge in [-0.3, -0.25) is 4.79 Å². The van der Waals surface area contributed by atoms with Crippen LogP contribution in [-0.2, 0) is 19.0 Å². The van der Waals surface area contributed by atoms with Gasteiger partial charge in [-0.2, -0.15) is 0 Å². The van der Waals surface area contributed by atoms with Gasteiger partial charge in [0.05, 0.1) is 12.2 Å². The molecule has 0 aromatic rings. The molecule has 0 spiro atoms. The zero-order valence-electron chi connectivity index (χ0n) is 12.3. The number of esters is 1. The first kappa shape index (κ1) is 14.8. The van der Waals surface area contributed by atoms with Gasteiger partial charge < -0.3 is 19.3 Å². The molecule has 3 rings (SSSR count). The van der Waals surface area contributed by atoms with Crippen molar-refractivity contribution in [3.8, 4) is 0 Å². The van der Waals surface area contributed by atoms with E-state index in [1.807, 2.05) is 0 Å². The summed E-state index contributed by atoms with van der Waals surface area (Å²) in [4.78, 5) is 11.3. The molecule has 0 aliphatic carbocycles. The van der Waals surface area contributed by atoms with Crippen LogP contribution in [0.3, 0.4) is 0 Å². The molecule has 21 heavy (non-hydrogen) atoms. The number of rotatable bonds is 2. The Balaban J connectivity index is 1.84. The fraction of sp³-hybridized carbons (Fsp3) is 0.688. The van der Waals surface area contributed by atoms with Crippen LogP contribution >= 0.6 is 0 Å². The normalized spacial score (nSPS) is 45.4. The van der Waals surface area contributed by atoms with Gasteiger partial charge in [0.1, 0.15) is 12.2 Å². The molecule has 1 unspecified atom stereocenters. The molecule has 0 saturated carbocycles. The number of ether oxygens (including phenoxy) is 3. The molecule has 0 aromatic heterocycles. The van der Waals surface area contributed by atoms with Crippen LogP contribution in [0.4, 0.5) is 0 Å². The highest BCUT2D eigenvalue weighted by Gasteiger charge is 2.49. The van der Waals surface area contributed by atoms with Crippen LogP contribution in [-0.4, -0.2) is 41.8 Å². The van der Waals surface area contributed by atoms with Gasteiger partial charge in [-0.25, -0.2) is 0 Å². The van der Waals surface area contributed by atoms with Gasteiger partial charge >= 0.3 is 5.97 Å². The Morgan fingerprint density at radius 2 is 1.90 bits per heavy atom. The van der Waals surface area contributed by atoms with Crippen molar-refractivity contribution in [2.75, 3.05) is 0 Å². The Kier molecular flexibility index (Phi) is 4.15. The minimum absolute atomic E-state index is 0.0468. The minimum Gasteiger partial charge on any atom is -0.456 e. The van der Waals surface area contributed by atoms with Crippen LogP contribution < -0.4 is 0 Å². The van der Waals surface area contributed by atoms with Crippen molar-refractivity contribution in [1.82, 2.24) is 0 Å². The van der Waals surface area contributed by atoms with Crippen molar-refractivity contribution < 1.29 is 24.1 Å². The largest absolute Gasteiger partial charge is 0.456 e. The summed E-state index contributed by atoms with van der Waals surface area (Å²) < 4.78 is 17.1. The highest BCUT2D eigenvalue weighted by Crippen LogP contribution is 2.43. The number of aliphatic hydroxyl groups excluding tert-OH is 1. The second-order valence-corrected chi connectivity index (χ2v) is 6.04. The molecule has 3 aliphatic rings. The maximum atomic E-state index is 11.3. The zero-order valence-corrected chi connectivity index (χ0v) is 12.3. The van der Waals surface area contributed by atoms with E-state index in [-0.39, 0.29) is 30.2 Å². The first-order valence-corrected chi connectivity index (χ1v) is 7.56. The highest BCUT2D eigenvalue weighted by molar-refractivity contribution is 5.66. The number of carbonyl (C=O) groups is 1. The van der Waals surface area contributed by atoms with E-state index in [1.54, 1.807) is 6.08 Å². The van der Waals surface area contributed by atoms with E-state index in [9.17, 15) is 9.90 Å². The fourth-order valence-corrected chi connectivity index (χ4v) is 3.69. The van der Waals surface area contributed by atoms with Crippen molar-refractivity contribution in [1.29, 1.82) is 0 Å². The second kappa shape index (κ2) is 5.91. The van der Waals surface area contributed by atoms with Crippen molar-refractivity contribution in [2.24, 2.45) is 11.8 Å². The van der Waals surface area contributed by atoms with Crippen LogP contribution in [0.25, 0.3) is 0 Å². The van der Waals surface area contributed by atoms with Gasteiger partial charge in [0, 0.05) is 12.8 Å². The lowest BCUT2D eigenvalue weighted by Gasteiger charge is -2.37. The first-order valence-electron chi connectivity index (χ1n) is 7.56. The van der Waals surface area contributed by atoms with Crippen molar-refractivity contribution in [2.45, 2.75) is 57.4 Å². The van der Waals surface area contributed by atoms with Crippen molar-refractivity contribution >= 4 is 5.97 Å². The topological polar surface area (TPSA) is 65.0 Å². The summed E-state index contributed by atoms with van der Waals surface area (Å²) in [7, 11) is 0. The van der Waals surface area contributed by atoms with E-state index in [4.69, 9.17) is 14.2 Å². The molecule has 5 nitrogen and oxygen atoms in total. The van der Waals surface area contributed by atoms with Crippen LogP contribution in [0.1, 0.15) is 26.7 Å². The Bertz CT molecular complexity index is 458. The van der Waals surface area contributed by atoms with E-state index in [0.29, 0.717) is 5.92 Å². The molecular formula is C16H22O5. The molecule has 0 amide bonds.